The molecular weight excluding hydrogens is 264 g/mol. The van der Waals surface area contributed by atoms with Crippen LogP contribution in [0.25, 0.3) is 0 Å². The molecule has 1 aromatic heterocycles. The van der Waals surface area contributed by atoms with Crippen molar-refractivity contribution in [2.24, 2.45) is 5.41 Å². The summed E-state index contributed by atoms with van der Waals surface area (Å²) in [6, 6.07) is 4.44. The minimum Gasteiger partial charge on any atom is -0.481 e. The van der Waals surface area contributed by atoms with Gasteiger partial charge in [0.2, 0.25) is 0 Å². The van der Waals surface area contributed by atoms with Gasteiger partial charge in [0.25, 0.3) is 0 Å². The topological polar surface area (TPSA) is 53.4 Å². The predicted molar refractivity (Wildman–Crippen MR) is 83.2 cm³/mol. The second kappa shape index (κ2) is 7.03. The molecule has 116 valence electrons. The van der Waals surface area contributed by atoms with Gasteiger partial charge in [0, 0.05) is 25.0 Å². The number of aromatic nitrogens is 1. The highest BCUT2D eigenvalue weighted by Crippen LogP contribution is 2.36. The first-order valence-corrected chi connectivity index (χ1v) is 7.90. The van der Waals surface area contributed by atoms with Crippen molar-refractivity contribution in [1.82, 2.24) is 9.88 Å². The molecule has 0 radical (unpaired) electrons. The molecule has 4 heteroatoms. The van der Waals surface area contributed by atoms with Crippen LogP contribution in [0.15, 0.2) is 24.5 Å². The van der Waals surface area contributed by atoms with Crippen LogP contribution in [0.1, 0.15) is 45.1 Å². The molecule has 1 N–H and O–H groups in total. The molecule has 1 aromatic rings. The maximum absolute atomic E-state index is 11.9. The van der Waals surface area contributed by atoms with E-state index >= 15 is 0 Å². The Morgan fingerprint density at radius 1 is 1.43 bits per heavy atom. The number of aryl methyl sites for hydroxylation is 1. The summed E-state index contributed by atoms with van der Waals surface area (Å²) in [5.74, 6) is -0.623. The molecule has 0 amide bonds. The van der Waals surface area contributed by atoms with Gasteiger partial charge in [-0.05, 0) is 70.2 Å². The Balaban J connectivity index is 1.97. The van der Waals surface area contributed by atoms with Crippen molar-refractivity contribution in [2.45, 2.75) is 52.0 Å². The first-order valence-electron chi connectivity index (χ1n) is 7.90. The lowest BCUT2D eigenvalue weighted by molar-refractivity contribution is -0.153. The van der Waals surface area contributed by atoms with E-state index in [4.69, 9.17) is 0 Å². The molecule has 1 atom stereocenters. The zero-order chi connectivity index (χ0) is 15.3. The van der Waals surface area contributed by atoms with E-state index in [2.05, 4.69) is 23.7 Å². The van der Waals surface area contributed by atoms with E-state index in [1.165, 1.54) is 5.56 Å². The number of carboxylic acids is 1. The van der Waals surface area contributed by atoms with Crippen LogP contribution in [0.2, 0.25) is 0 Å². The minimum absolute atomic E-state index is 0.421. The molecule has 1 aliphatic rings. The van der Waals surface area contributed by atoms with Crippen molar-refractivity contribution >= 4 is 5.97 Å². The number of carboxylic acid groups (broad SMARTS) is 1. The Hall–Kier alpha value is -1.42. The number of piperidine rings is 1. The highest BCUT2D eigenvalue weighted by atomic mass is 16.4. The smallest absolute Gasteiger partial charge is 0.310 e. The molecular formula is C17H26N2O2. The van der Waals surface area contributed by atoms with E-state index in [9.17, 15) is 9.90 Å². The van der Waals surface area contributed by atoms with E-state index < -0.39 is 11.4 Å². The van der Waals surface area contributed by atoms with Gasteiger partial charge in [0.1, 0.15) is 0 Å². The van der Waals surface area contributed by atoms with Crippen molar-refractivity contribution in [3.8, 4) is 0 Å². The molecule has 4 nitrogen and oxygen atoms in total. The third-order valence-corrected chi connectivity index (χ3v) is 4.66. The SMILES string of the molecule is CC(C)N1CCC[C@@](CCCc2ccncc2)(C(=O)O)C1. The molecule has 1 aliphatic heterocycles. The molecule has 1 fully saturated rings. The highest BCUT2D eigenvalue weighted by molar-refractivity contribution is 5.75. The van der Waals surface area contributed by atoms with E-state index in [-0.39, 0.29) is 0 Å². The van der Waals surface area contributed by atoms with Crippen LogP contribution in [0.4, 0.5) is 0 Å². The molecule has 0 bridgehead atoms. The van der Waals surface area contributed by atoms with Gasteiger partial charge < -0.3 is 5.11 Å². The third kappa shape index (κ3) is 4.03. The minimum atomic E-state index is -0.623. The fraction of sp³-hybridized carbons (Fsp3) is 0.647. The van der Waals surface area contributed by atoms with Gasteiger partial charge in [-0.3, -0.25) is 14.7 Å². The fourth-order valence-corrected chi connectivity index (χ4v) is 3.27. The lowest BCUT2D eigenvalue weighted by atomic mass is 9.75. The number of carbonyl (C=O) groups is 1. The number of likely N-dealkylation sites (tertiary alicyclic amines) is 1. The molecule has 0 spiro atoms. The summed E-state index contributed by atoms with van der Waals surface area (Å²) in [6.07, 6.45) is 7.99. The summed E-state index contributed by atoms with van der Waals surface area (Å²) in [4.78, 5) is 18.2. The van der Waals surface area contributed by atoms with Gasteiger partial charge in [-0.15, -0.1) is 0 Å². The molecule has 2 rings (SSSR count). The van der Waals surface area contributed by atoms with E-state index in [1.54, 1.807) is 12.4 Å². The molecule has 0 aliphatic carbocycles. The maximum Gasteiger partial charge on any atom is 0.310 e. The molecule has 2 heterocycles. The van der Waals surface area contributed by atoms with Crippen LogP contribution >= 0.6 is 0 Å². The summed E-state index contributed by atoms with van der Waals surface area (Å²) in [7, 11) is 0. The van der Waals surface area contributed by atoms with Crippen molar-refractivity contribution in [2.75, 3.05) is 13.1 Å². The Morgan fingerprint density at radius 2 is 2.14 bits per heavy atom. The number of pyridine rings is 1. The van der Waals surface area contributed by atoms with Gasteiger partial charge in [0.15, 0.2) is 0 Å². The van der Waals surface area contributed by atoms with Crippen LogP contribution in [-0.4, -0.2) is 40.1 Å². The standard InChI is InChI=1S/C17H26N2O2/c1-14(2)19-12-4-9-17(13-19,16(20)21)8-3-5-15-6-10-18-11-7-15/h6-7,10-11,14H,3-5,8-9,12-13H2,1-2H3,(H,20,21)/t17-/m1/s1. The van der Waals surface area contributed by atoms with Crippen LogP contribution in [0.3, 0.4) is 0 Å². The van der Waals surface area contributed by atoms with Crippen LogP contribution in [0, 0.1) is 5.41 Å². The Labute approximate surface area is 127 Å². The summed E-state index contributed by atoms with van der Waals surface area (Å²) >= 11 is 0. The van der Waals surface area contributed by atoms with Crippen LogP contribution < -0.4 is 0 Å². The second-order valence-corrected chi connectivity index (χ2v) is 6.46. The van der Waals surface area contributed by atoms with Crippen molar-refractivity contribution in [1.29, 1.82) is 0 Å². The summed E-state index contributed by atoms with van der Waals surface area (Å²) in [6.45, 7) is 6.01. The summed E-state index contributed by atoms with van der Waals surface area (Å²) in [5.41, 5.74) is 0.678. The van der Waals surface area contributed by atoms with E-state index in [0.717, 1.165) is 38.6 Å². The zero-order valence-corrected chi connectivity index (χ0v) is 13.1. The Morgan fingerprint density at radius 3 is 2.76 bits per heavy atom. The average molecular weight is 290 g/mol. The lowest BCUT2D eigenvalue weighted by Crippen LogP contribution is -2.50. The quantitative estimate of drug-likeness (QED) is 0.875. The van der Waals surface area contributed by atoms with Gasteiger partial charge in [-0.1, -0.05) is 0 Å². The van der Waals surface area contributed by atoms with Crippen molar-refractivity contribution in [3.63, 3.8) is 0 Å². The predicted octanol–water partition coefficient (Wildman–Crippen LogP) is 2.98. The number of rotatable bonds is 6. The maximum atomic E-state index is 11.9. The van der Waals surface area contributed by atoms with Crippen molar-refractivity contribution in [3.05, 3.63) is 30.1 Å². The van der Waals surface area contributed by atoms with Gasteiger partial charge in [0.05, 0.1) is 5.41 Å². The number of aliphatic carboxylic acids is 1. The molecule has 0 saturated carbocycles. The van der Waals surface area contributed by atoms with E-state index in [0.29, 0.717) is 12.6 Å². The largest absolute Gasteiger partial charge is 0.481 e. The lowest BCUT2D eigenvalue weighted by Gasteiger charge is -2.42. The normalized spacial score (nSPS) is 23.4. The monoisotopic (exact) mass is 290 g/mol. The Bertz CT molecular complexity index is 461. The number of hydrogen-bond donors (Lipinski definition) is 1. The zero-order valence-electron chi connectivity index (χ0n) is 13.1. The molecule has 0 unspecified atom stereocenters. The van der Waals surface area contributed by atoms with Gasteiger partial charge >= 0.3 is 5.97 Å². The van der Waals surface area contributed by atoms with Gasteiger partial charge in [-0.2, -0.15) is 0 Å². The summed E-state index contributed by atoms with van der Waals surface area (Å²) in [5, 5.41) is 9.75. The average Bonchev–Trinajstić information content (AvgIpc) is 2.48. The van der Waals surface area contributed by atoms with E-state index in [1.807, 2.05) is 12.1 Å². The van der Waals surface area contributed by atoms with Crippen LogP contribution in [-0.2, 0) is 11.2 Å². The summed E-state index contributed by atoms with van der Waals surface area (Å²) < 4.78 is 0. The number of hydrogen-bond acceptors (Lipinski definition) is 3. The number of nitrogens with zero attached hydrogens (tertiary/aromatic N) is 2. The first kappa shape index (κ1) is 16.0. The Kier molecular flexibility index (Phi) is 5.34. The van der Waals surface area contributed by atoms with Crippen molar-refractivity contribution < 1.29 is 9.90 Å². The second-order valence-electron chi connectivity index (χ2n) is 6.46. The highest BCUT2D eigenvalue weighted by Gasteiger charge is 2.42. The van der Waals surface area contributed by atoms with Gasteiger partial charge in [-0.25, -0.2) is 0 Å². The third-order valence-electron chi connectivity index (χ3n) is 4.66. The first-order chi connectivity index (χ1) is 10.0. The molecule has 1 saturated heterocycles. The fourth-order valence-electron chi connectivity index (χ4n) is 3.27. The molecule has 0 aromatic carbocycles. The van der Waals surface area contributed by atoms with Crippen LogP contribution in [0.5, 0.6) is 0 Å². The molecule has 21 heavy (non-hydrogen) atoms.